The number of aromatic nitrogens is 4. The van der Waals surface area contributed by atoms with Crippen LogP contribution in [0.5, 0.6) is 5.75 Å². The van der Waals surface area contributed by atoms with E-state index in [0.29, 0.717) is 5.75 Å². The zero-order valence-electron chi connectivity index (χ0n) is 17.7. The van der Waals surface area contributed by atoms with Gasteiger partial charge in [-0.3, -0.25) is 4.98 Å². The second-order valence-electron chi connectivity index (χ2n) is 7.45. The maximum absolute atomic E-state index is 10.2. The van der Waals surface area contributed by atoms with E-state index >= 15 is 0 Å². The van der Waals surface area contributed by atoms with Crippen molar-refractivity contribution in [1.82, 2.24) is 19.9 Å². The first-order chi connectivity index (χ1) is 15.2. The number of anilines is 2. The van der Waals surface area contributed by atoms with Crippen LogP contribution in [-0.2, 0) is 6.42 Å². The molecule has 0 aliphatic heterocycles. The Balaban J connectivity index is 1.75. The molecule has 0 radical (unpaired) electrons. The van der Waals surface area contributed by atoms with Crippen molar-refractivity contribution in [1.29, 1.82) is 0 Å². The molecule has 0 bridgehead atoms. The molecule has 0 aliphatic rings. The second-order valence-corrected chi connectivity index (χ2v) is 7.45. The summed E-state index contributed by atoms with van der Waals surface area (Å²) in [6, 6.07) is 17.7. The number of pyridine rings is 2. The Morgan fingerprint density at radius 2 is 1.87 bits per heavy atom. The molecule has 3 heterocycles. The monoisotopic (exact) mass is 411 g/mol. The van der Waals surface area contributed by atoms with E-state index in [1.165, 1.54) is 0 Å². The number of rotatable bonds is 7. The summed E-state index contributed by atoms with van der Waals surface area (Å²) < 4.78 is 0. The van der Waals surface area contributed by atoms with Gasteiger partial charge in [0.15, 0.2) is 0 Å². The molecule has 1 N–H and O–H groups in total. The highest BCUT2D eigenvalue weighted by Crippen LogP contribution is 2.30. The normalized spacial score (nSPS) is 11.8. The van der Waals surface area contributed by atoms with Crippen LogP contribution in [0.15, 0.2) is 79.5 Å². The minimum Gasteiger partial charge on any atom is -0.508 e. The third kappa shape index (κ3) is 4.69. The Morgan fingerprint density at radius 1 is 0.968 bits per heavy atom. The van der Waals surface area contributed by atoms with Crippen LogP contribution in [0.4, 0.5) is 11.6 Å². The fraction of sp³-hybridized carbons (Fsp3) is 0.200. The molecule has 156 valence electrons. The van der Waals surface area contributed by atoms with Gasteiger partial charge in [-0.25, -0.2) is 15.0 Å². The number of hydrogen-bond acceptors (Lipinski definition) is 6. The van der Waals surface area contributed by atoms with Gasteiger partial charge in [-0.2, -0.15) is 0 Å². The van der Waals surface area contributed by atoms with E-state index in [1.807, 2.05) is 61.7 Å². The summed E-state index contributed by atoms with van der Waals surface area (Å²) in [5, 5.41) is 10.2. The Hall–Kier alpha value is -3.80. The van der Waals surface area contributed by atoms with Gasteiger partial charge in [0.2, 0.25) is 0 Å². The maximum Gasteiger partial charge on any atom is 0.137 e. The number of phenols is 1. The summed E-state index contributed by atoms with van der Waals surface area (Å²) in [4.78, 5) is 19.9. The summed E-state index contributed by atoms with van der Waals surface area (Å²) in [6.07, 6.45) is 8.48. The standard InChI is InChI=1S/C25H25N5O/c1-3-21(14-19-10-9-18(2)23(31)15-19)30(24-11-13-27-17-28-24)25-8-4-7-22(29-25)20-6-5-12-26-16-20/h4-13,15-17,21,31H,3,14H2,1-2H3. The van der Waals surface area contributed by atoms with Crippen molar-refractivity contribution < 1.29 is 5.11 Å². The lowest BCUT2D eigenvalue weighted by atomic mass is 10.0. The van der Waals surface area contributed by atoms with Crippen LogP contribution in [0.1, 0.15) is 24.5 Å². The molecular weight excluding hydrogens is 386 g/mol. The van der Waals surface area contributed by atoms with E-state index in [4.69, 9.17) is 4.98 Å². The summed E-state index contributed by atoms with van der Waals surface area (Å²) in [7, 11) is 0. The molecule has 3 aromatic heterocycles. The third-order valence-electron chi connectivity index (χ3n) is 5.33. The molecule has 0 aliphatic carbocycles. The zero-order chi connectivity index (χ0) is 21.6. The Morgan fingerprint density at radius 3 is 2.58 bits per heavy atom. The van der Waals surface area contributed by atoms with Crippen molar-refractivity contribution in [2.24, 2.45) is 0 Å². The van der Waals surface area contributed by atoms with E-state index in [1.54, 1.807) is 18.7 Å². The smallest absolute Gasteiger partial charge is 0.137 e. The van der Waals surface area contributed by atoms with Gasteiger partial charge in [0.25, 0.3) is 0 Å². The van der Waals surface area contributed by atoms with Crippen LogP contribution in [0.25, 0.3) is 11.3 Å². The molecule has 1 unspecified atom stereocenters. The van der Waals surface area contributed by atoms with E-state index in [0.717, 1.165) is 46.9 Å². The average Bonchev–Trinajstić information content (AvgIpc) is 2.82. The largest absolute Gasteiger partial charge is 0.508 e. The molecule has 31 heavy (non-hydrogen) atoms. The minimum absolute atomic E-state index is 0.0913. The average molecular weight is 412 g/mol. The van der Waals surface area contributed by atoms with Gasteiger partial charge in [0.1, 0.15) is 23.7 Å². The van der Waals surface area contributed by atoms with Gasteiger partial charge in [0, 0.05) is 30.2 Å². The molecule has 0 saturated carbocycles. The number of hydrogen-bond donors (Lipinski definition) is 1. The van der Waals surface area contributed by atoms with Gasteiger partial charge in [0.05, 0.1) is 5.69 Å². The van der Waals surface area contributed by atoms with Crippen molar-refractivity contribution in [2.45, 2.75) is 32.7 Å². The van der Waals surface area contributed by atoms with Crippen LogP contribution in [0, 0.1) is 6.92 Å². The molecule has 0 spiro atoms. The number of nitrogens with zero attached hydrogens (tertiary/aromatic N) is 5. The van der Waals surface area contributed by atoms with Crippen molar-refractivity contribution in [3.05, 3.63) is 90.6 Å². The van der Waals surface area contributed by atoms with E-state index in [9.17, 15) is 5.11 Å². The molecule has 1 atom stereocenters. The van der Waals surface area contributed by atoms with Crippen LogP contribution in [0.2, 0.25) is 0 Å². The fourth-order valence-corrected chi connectivity index (χ4v) is 3.62. The molecule has 6 nitrogen and oxygen atoms in total. The number of aromatic hydroxyl groups is 1. The highest BCUT2D eigenvalue weighted by atomic mass is 16.3. The highest BCUT2D eigenvalue weighted by molar-refractivity contribution is 5.64. The summed E-state index contributed by atoms with van der Waals surface area (Å²) >= 11 is 0. The van der Waals surface area contributed by atoms with Crippen LogP contribution >= 0.6 is 0 Å². The molecule has 0 saturated heterocycles. The van der Waals surface area contributed by atoms with Crippen LogP contribution in [-0.4, -0.2) is 31.1 Å². The predicted octanol–water partition coefficient (Wildman–Crippen LogP) is 5.11. The van der Waals surface area contributed by atoms with E-state index in [-0.39, 0.29) is 6.04 Å². The van der Waals surface area contributed by atoms with Gasteiger partial charge in [-0.05, 0) is 67.3 Å². The summed E-state index contributed by atoms with van der Waals surface area (Å²) in [6.45, 7) is 4.05. The summed E-state index contributed by atoms with van der Waals surface area (Å²) in [5.74, 6) is 1.91. The van der Waals surface area contributed by atoms with Gasteiger partial charge in [-0.15, -0.1) is 0 Å². The lowest BCUT2D eigenvalue weighted by molar-refractivity contribution is 0.469. The predicted molar refractivity (Wildman–Crippen MR) is 122 cm³/mol. The molecular formula is C25H25N5O. The van der Waals surface area contributed by atoms with Crippen molar-refractivity contribution in [3.63, 3.8) is 0 Å². The highest BCUT2D eigenvalue weighted by Gasteiger charge is 2.23. The first-order valence-corrected chi connectivity index (χ1v) is 10.4. The van der Waals surface area contributed by atoms with Crippen LogP contribution < -0.4 is 4.90 Å². The minimum atomic E-state index is 0.0913. The fourth-order valence-electron chi connectivity index (χ4n) is 3.62. The van der Waals surface area contributed by atoms with E-state index in [2.05, 4.69) is 32.8 Å². The Bertz CT molecular complexity index is 1130. The third-order valence-corrected chi connectivity index (χ3v) is 5.33. The molecule has 4 aromatic rings. The van der Waals surface area contributed by atoms with Crippen molar-refractivity contribution in [2.75, 3.05) is 4.90 Å². The molecule has 0 amide bonds. The Labute approximate surface area is 182 Å². The first kappa shape index (κ1) is 20.5. The SMILES string of the molecule is CCC(Cc1ccc(C)c(O)c1)N(c1ccncn1)c1cccc(-c2cccnc2)n1. The molecule has 0 fully saturated rings. The zero-order valence-corrected chi connectivity index (χ0v) is 17.7. The Kier molecular flexibility index (Phi) is 6.17. The molecule has 6 heteroatoms. The van der Waals surface area contributed by atoms with E-state index < -0.39 is 0 Å². The lowest BCUT2D eigenvalue weighted by Gasteiger charge is -2.31. The van der Waals surface area contributed by atoms with Gasteiger partial charge >= 0.3 is 0 Å². The number of aryl methyl sites for hydroxylation is 1. The summed E-state index contributed by atoms with van der Waals surface area (Å²) in [5.41, 5.74) is 3.75. The topological polar surface area (TPSA) is 75.0 Å². The molecule has 1 aromatic carbocycles. The van der Waals surface area contributed by atoms with Crippen molar-refractivity contribution in [3.8, 4) is 17.0 Å². The number of phenolic OH excluding ortho intramolecular Hbond substituents is 1. The van der Waals surface area contributed by atoms with Gasteiger partial charge in [-0.1, -0.05) is 25.1 Å². The second kappa shape index (κ2) is 9.34. The molecule has 4 rings (SSSR count). The maximum atomic E-state index is 10.2. The van der Waals surface area contributed by atoms with Crippen LogP contribution in [0.3, 0.4) is 0 Å². The van der Waals surface area contributed by atoms with Crippen molar-refractivity contribution >= 4 is 11.6 Å². The lowest BCUT2D eigenvalue weighted by Crippen LogP contribution is -2.34. The first-order valence-electron chi connectivity index (χ1n) is 10.4. The number of benzene rings is 1. The van der Waals surface area contributed by atoms with Gasteiger partial charge < -0.3 is 10.0 Å². The quantitative estimate of drug-likeness (QED) is 0.456.